The number of rotatable bonds is 1. The normalized spacial score (nSPS) is 12.9. The number of aliphatic hydroxyl groups is 1. The Bertz CT molecular complexity index is 418. The van der Waals surface area contributed by atoms with Gasteiger partial charge in [0.25, 0.3) is 0 Å². The third-order valence-electron chi connectivity index (χ3n) is 2.31. The lowest BCUT2D eigenvalue weighted by molar-refractivity contribution is -0.144. The van der Waals surface area contributed by atoms with Crippen LogP contribution < -0.4 is 0 Å². The van der Waals surface area contributed by atoms with Crippen molar-refractivity contribution in [2.24, 2.45) is 0 Å². The second-order valence-corrected chi connectivity index (χ2v) is 3.43. The lowest BCUT2D eigenvalue weighted by Gasteiger charge is -2.18. The van der Waals surface area contributed by atoms with Crippen molar-refractivity contribution in [2.75, 3.05) is 0 Å². The van der Waals surface area contributed by atoms with Crippen LogP contribution in [0, 0.1) is 6.92 Å². The zero-order valence-corrected chi connectivity index (χ0v) is 8.58. The molecule has 0 unspecified atom stereocenters. The van der Waals surface area contributed by atoms with E-state index in [2.05, 4.69) is 0 Å². The summed E-state index contributed by atoms with van der Waals surface area (Å²) in [6, 6.07) is 1.18. The van der Waals surface area contributed by atoms with Crippen molar-refractivity contribution >= 4 is 0 Å². The van der Waals surface area contributed by atoms with Gasteiger partial charge in [0.1, 0.15) is 0 Å². The minimum absolute atomic E-state index is 0.538. The molecule has 0 amide bonds. The molecule has 0 aliphatic carbocycles. The molecule has 1 aromatic rings. The van der Waals surface area contributed by atoms with Gasteiger partial charge < -0.3 is 5.11 Å². The van der Waals surface area contributed by atoms with Crippen LogP contribution in [0.15, 0.2) is 12.1 Å². The molecule has 17 heavy (non-hydrogen) atoms. The van der Waals surface area contributed by atoms with Crippen LogP contribution in [0.1, 0.15) is 22.3 Å². The summed E-state index contributed by atoms with van der Waals surface area (Å²) in [7, 11) is 0. The zero-order valence-electron chi connectivity index (χ0n) is 8.58. The van der Waals surface area contributed by atoms with Crippen LogP contribution in [0.2, 0.25) is 0 Å². The van der Waals surface area contributed by atoms with Gasteiger partial charge in [0.05, 0.1) is 17.7 Å². The van der Waals surface area contributed by atoms with Crippen LogP contribution >= 0.6 is 0 Å². The van der Waals surface area contributed by atoms with E-state index in [1.807, 2.05) is 0 Å². The average Bonchev–Trinajstić information content (AvgIpc) is 2.12. The standard InChI is InChI=1S/C10H8F6O/c1-5-7(9(11,12)13)3-2-6(4-17)8(5)10(14,15)16/h2-3,17H,4H2,1H3. The van der Waals surface area contributed by atoms with Crippen molar-refractivity contribution in [1.82, 2.24) is 0 Å². The van der Waals surface area contributed by atoms with Crippen molar-refractivity contribution in [1.29, 1.82) is 0 Å². The lowest BCUT2D eigenvalue weighted by atomic mass is 9.96. The zero-order chi connectivity index (χ0) is 13.4. The Morgan fingerprint density at radius 2 is 1.53 bits per heavy atom. The highest BCUT2D eigenvalue weighted by Crippen LogP contribution is 2.40. The highest BCUT2D eigenvalue weighted by atomic mass is 19.4. The summed E-state index contributed by atoms with van der Waals surface area (Å²) in [4.78, 5) is 0. The molecule has 0 atom stereocenters. The van der Waals surface area contributed by atoms with E-state index in [4.69, 9.17) is 5.11 Å². The van der Waals surface area contributed by atoms with Gasteiger partial charge in [0.2, 0.25) is 0 Å². The topological polar surface area (TPSA) is 20.2 Å². The Hall–Kier alpha value is -1.24. The number of hydrogen-bond donors (Lipinski definition) is 1. The second kappa shape index (κ2) is 4.21. The molecule has 1 N–H and O–H groups in total. The molecule has 0 aliphatic rings. The van der Waals surface area contributed by atoms with E-state index in [-0.39, 0.29) is 0 Å². The average molecular weight is 258 g/mol. The molecule has 1 aromatic carbocycles. The minimum Gasteiger partial charge on any atom is -0.392 e. The number of aliphatic hydroxyl groups excluding tert-OH is 1. The maximum absolute atomic E-state index is 12.6. The van der Waals surface area contributed by atoms with Crippen molar-refractivity contribution < 1.29 is 31.4 Å². The molecule has 1 rings (SSSR count). The quantitative estimate of drug-likeness (QED) is 0.764. The minimum atomic E-state index is -4.93. The number of hydrogen-bond acceptors (Lipinski definition) is 1. The van der Waals surface area contributed by atoms with Crippen LogP contribution in [0.4, 0.5) is 26.3 Å². The fraction of sp³-hybridized carbons (Fsp3) is 0.400. The maximum atomic E-state index is 12.6. The van der Waals surface area contributed by atoms with E-state index in [0.29, 0.717) is 12.1 Å². The fourth-order valence-electron chi connectivity index (χ4n) is 1.60. The second-order valence-electron chi connectivity index (χ2n) is 3.43. The highest BCUT2D eigenvalue weighted by molar-refractivity contribution is 5.43. The predicted molar refractivity (Wildman–Crippen MR) is 47.1 cm³/mol. The molecule has 7 heteroatoms. The van der Waals surface area contributed by atoms with E-state index in [0.717, 1.165) is 6.92 Å². The number of halogens is 6. The summed E-state index contributed by atoms with van der Waals surface area (Å²) in [5.41, 5.74) is -4.25. The summed E-state index contributed by atoms with van der Waals surface area (Å²) in [5, 5.41) is 8.72. The van der Waals surface area contributed by atoms with E-state index in [9.17, 15) is 26.3 Å². The lowest BCUT2D eigenvalue weighted by Crippen LogP contribution is -2.17. The number of alkyl halides is 6. The molecule has 0 aromatic heterocycles. The van der Waals surface area contributed by atoms with E-state index in [1.54, 1.807) is 0 Å². The largest absolute Gasteiger partial charge is 0.417 e. The highest BCUT2D eigenvalue weighted by Gasteiger charge is 2.40. The van der Waals surface area contributed by atoms with Crippen LogP contribution in [0.5, 0.6) is 0 Å². The van der Waals surface area contributed by atoms with Crippen molar-refractivity contribution in [3.63, 3.8) is 0 Å². The summed E-state index contributed by atoms with van der Waals surface area (Å²) in [5.74, 6) is 0. The van der Waals surface area contributed by atoms with Gasteiger partial charge in [-0.3, -0.25) is 0 Å². The first kappa shape index (κ1) is 13.8. The first-order valence-corrected chi connectivity index (χ1v) is 4.46. The smallest absolute Gasteiger partial charge is 0.392 e. The Labute approximate surface area is 92.7 Å². The number of benzene rings is 1. The Morgan fingerprint density at radius 1 is 1.00 bits per heavy atom. The van der Waals surface area contributed by atoms with E-state index in [1.165, 1.54) is 0 Å². The molecule has 0 bridgehead atoms. The summed E-state index contributed by atoms with van der Waals surface area (Å²) in [6.45, 7) is -0.224. The van der Waals surface area contributed by atoms with Gasteiger partial charge in [0, 0.05) is 0 Å². The molecule has 0 saturated heterocycles. The van der Waals surface area contributed by atoms with Crippen molar-refractivity contribution in [3.05, 3.63) is 34.4 Å². The fourth-order valence-corrected chi connectivity index (χ4v) is 1.60. The van der Waals surface area contributed by atoms with E-state index < -0.39 is 41.2 Å². The molecular formula is C10H8F6O. The third kappa shape index (κ3) is 2.71. The van der Waals surface area contributed by atoms with Crippen molar-refractivity contribution in [2.45, 2.75) is 25.9 Å². The summed E-state index contributed by atoms with van der Waals surface area (Å²) < 4.78 is 75.0. The monoisotopic (exact) mass is 258 g/mol. The van der Waals surface area contributed by atoms with Gasteiger partial charge in [0.15, 0.2) is 0 Å². The summed E-state index contributed by atoms with van der Waals surface area (Å²) >= 11 is 0. The first-order valence-electron chi connectivity index (χ1n) is 4.46. The van der Waals surface area contributed by atoms with Gasteiger partial charge in [-0.15, -0.1) is 0 Å². The van der Waals surface area contributed by atoms with E-state index >= 15 is 0 Å². The molecular weight excluding hydrogens is 250 g/mol. The molecule has 0 saturated carbocycles. The summed E-state index contributed by atoms with van der Waals surface area (Å²) in [6.07, 6.45) is -9.78. The Balaban J connectivity index is 3.55. The van der Waals surface area contributed by atoms with Crippen LogP contribution in [-0.2, 0) is 19.0 Å². The maximum Gasteiger partial charge on any atom is 0.417 e. The molecule has 96 valence electrons. The van der Waals surface area contributed by atoms with Crippen LogP contribution in [-0.4, -0.2) is 5.11 Å². The van der Waals surface area contributed by atoms with Crippen LogP contribution in [0.3, 0.4) is 0 Å². The van der Waals surface area contributed by atoms with Crippen molar-refractivity contribution in [3.8, 4) is 0 Å². The SMILES string of the molecule is Cc1c(C(F)(F)F)ccc(CO)c1C(F)(F)F. The first-order chi connectivity index (χ1) is 7.59. The van der Waals surface area contributed by atoms with Gasteiger partial charge in [-0.25, -0.2) is 0 Å². The molecule has 0 spiro atoms. The van der Waals surface area contributed by atoms with Gasteiger partial charge >= 0.3 is 12.4 Å². The third-order valence-corrected chi connectivity index (χ3v) is 2.31. The Morgan fingerprint density at radius 3 is 1.88 bits per heavy atom. The molecule has 0 aliphatic heterocycles. The molecule has 0 fully saturated rings. The molecule has 0 heterocycles. The van der Waals surface area contributed by atoms with Gasteiger partial charge in [-0.1, -0.05) is 6.07 Å². The van der Waals surface area contributed by atoms with Crippen LogP contribution in [0.25, 0.3) is 0 Å². The Kier molecular flexibility index (Phi) is 3.42. The molecule has 1 nitrogen and oxygen atoms in total. The predicted octanol–water partition coefficient (Wildman–Crippen LogP) is 3.52. The molecule has 0 radical (unpaired) electrons. The van der Waals surface area contributed by atoms with Gasteiger partial charge in [-0.05, 0) is 24.1 Å². The van der Waals surface area contributed by atoms with Gasteiger partial charge in [-0.2, -0.15) is 26.3 Å².